The molecule has 14 heteroatoms. The van der Waals surface area contributed by atoms with Crippen LogP contribution < -0.4 is 26.8 Å². The van der Waals surface area contributed by atoms with Gasteiger partial charge >= 0.3 is 12.1 Å². The smallest absolute Gasteiger partial charge is 0.490 e. The largest absolute Gasteiger partial charge is 0.495 e. The summed E-state index contributed by atoms with van der Waals surface area (Å²) in [4.78, 5) is 40.7. The Labute approximate surface area is 289 Å². The number of likely N-dealkylation sites (tertiary alicyclic amines) is 1. The molecular formula is C36H43F3N6O5. The molecule has 0 aliphatic carbocycles. The minimum Gasteiger partial charge on any atom is -0.495 e. The summed E-state index contributed by atoms with van der Waals surface area (Å²) >= 11 is 0. The second-order valence-corrected chi connectivity index (χ2v) is 12.4. The Hall–Kier alpha value is -5.08. The van der Waals surface area contributed by atoms with E-state index in [9.17, 15) is 22.8 Å². The van der Waals surface area contributed by atoms with E-state index in [0.29, 0.717) is 41.2 Å². The molecule has 1 unspecified atom stereocenters. The monoisotopic (exact) mass is 696 g/mol. The summed E-state index contributed by atoms with van der Waals surface area (Å²) < 4.78 is 37.5. The van der Waals surface area contributed by atoms with Crippen LogP contribution in [0.3, 0.4) is 0 Å². The van der Waals surface area contributed by atoms with Crippen molar-refractivity contribution in [3.05, 3.63) is 106 Å². The highest BCUT2D eigenvalue weighted by molar-refractivity contribution is 6.03. The maximum absolute atomic E-state index is 14.3. The number of carboxylic acid groups (broad SMARTS) is 1. The van der Waals surface area contributed by atoms with Crippen LogP contribution in [0.15, 0.2) is 84.2 Å². The van der Waals surface area contributed by atoms with Gasteiger partial charge in [-0.25, -0.2) is 4.79 Å². The van der Waals surface area contributed by atoms with E-state index < -0.39 is 23.5 Å². The minimum absolute atomic E-state index is 0.0684. The third kappa shape index (κ3) is 8.20. The van der Waals surface area contributed by atoms with Crippen LogP contribution in [0.2, 0.25) is 0 Å². The van der Waals surface area contributed by atoms with Gasteiger partial charge in [-0.3, -0.25) is 14.5 Å². The standard InChI is InChI=1S/C34H42N6O3.C2HF3O2/c1-39(2)21-18-37-33(42)29-31(35)38-30-27(14-9-15-28(30)43-3)34(29,26-13-8-7-12-25(26)32(36)41)24-16-19-40(20-17-24)22-23-10-5-4-6-11-23;3-2(4,5)1(6)7/h4-15,24,38H,16-22,35H2,1-3H3,(H2,36,41)(H,37,42);(H,6,7). The second kappa shape index (κ2) is 16.1. The molecule has 0 aromatic heterocycles. The lowest BCUT2D eigenvalue weighted by atomic mass is 9.56. The van der Waals surface area contributed by atoms with Gasteiger partial charge in [0, 0.05) is 25.2 Å². The number of carbonyl (C=O) groups excluding carboxylic acids is 2. The fourth-order valence-corrected chi connectivity index (χ4v) is 6.82. The average molecular weight is 697 g/mol. The highest BCUT2D eigenvalue weighted by atomic mass is 19.4. The first-order chi connectivity index (χ1) is 23.7. The summed E-state index contributed by atoms with van der Waals surface area (Å²) in [5.74, 6) is -2.80. The highest BCUT2D eigenvalue weighted by Crippen LogP contribution is 2.56. The lowest BCUT2D eigenvalue weighted by Gasteiger charge is -2.50. The van der Waals surface area contributed by atoms with Crippen LogP contribution in [0.4, 0.5) is 18.9 Å². The number of likely N-dealkylation sites (N-methyl/N-ethyl adjacent to an activating group) is 1. The van der Waals surface area contributed by atoms with Crippen LogP contribution in [0.25, 0.3) is 0 Å². The van der Waals surface area contributed by atoms with Gasteiger partial charge in [0.25, 0.3) is 5.91 Å². The first-order valence-electron chi connectivity index (χ1n) is 16.0. The molecule has 2 aliphatic rings. The van der Waals surface area contributed by atoms with Crippen LogP contribution in [0, 0.1) is 5.92 Å². The van der Waals surface area contributed by atoms with Gasteiger partial charge in [0.05, 0.1) is 23.8 Å². The number of amides is 2. The zero-order chi connectivity index (χ0) is 36.6. The number of aliphatic carboxylic acids is 1. The fraction of sp³-hybridized carbons (Fsp3) is 0.361. The van der Waals surface area contributed by atoms with Gasteiger partial charge in [0.2, 0.25) is 5.91 Å². The number of nitrogens with zero attached hydrogens (tertiary/aromatic N) is 2. The highest BCUT2D eigenvalue weighted by Gasteiger charge is 2.54. The molecule has 1 fully saturated rings. The molecule has 5 rings (SSSR count). The number of hydrogen-bond donors (Lipinski definition) is 5. The second-order valence-electron chi connectivity index (χ2n) is 12.4. The fourth-order valence-electron chi connectivity index (χ4n) is 6.82. The van der Waals surface area contributed by atoms with Crippen LogP contribution in [-0.4, -0.2) is 86.3 Å². The van der Waals surface area contributed by atoms with Gasteiger partial charge in [-0.15, -0.1) is 0 Å². The Balaban J connectivity index is 0.000000727. The molecule has 11 nitrogen and oxygen atoms in total. The SMILES string of the molecule is COc1cccc2c1NC(N)=C(C(=O)NCCN(C)C)C2(c1ccccc1C(N)=O)C1CCN(Cc2ccccc2)CC1.O=C(O)C(F)(F)F. The van der Waals surface area contributed by atoms with E-state index >= 15 is 0 Å². The number of halogens is 3. The molecule has 2 aliphatic heterocycles. The van der Waals surface area contributed by atoms with Gasteiger partial charge in [-0.1, -0.05) is 60.7 Å². The number of para-hydroxylation sites is 1. The Kier molecular flexibility index (Phi) is 12.1. The number of primary amides is 1. The van der Waals surface area contributed by atoms with Crippen LogP contribution in [-0.2, 0) is 21.5 Å². The first kappa shape index (κ1) is 37.7. The molecule has 50 heavy (non-hydrogen) atoms. The molecule has 2 amide bonds. The van der Waals surface area contributed by atoms with E-state index in [-0.39, 0.29) is 17.6 Å². The number of nitrogens with two attached hydrogens (primary N) is 2. The molecule has 0 spiro atoms. The van der Waals surface area contributed by atoms with Crippen molar-refractivity contribution in [3.63, 3.8) is 0 Å². The molecule has 3 aromatic carbocycles. The number of carbonyl (C=O) groups is 3. The van der Waals surface area contributed by atoms with E-state index in [2.05, 4.69) is 39.8 Å². The van der Waals surface area contributed by atoms with Crippen molar-refractivity contribution in [1.29, 1.82) is 0 Å². The predicted molar refractivity (Wildman–Crippen MR) is 183 cm³/mol. The predicted octanol–water partition coefficient (Wildman–Crippen LogP) is 3.90. The first-order valence-corrected chi connectivity index (χ1v) is 16.0. The number of benzene rings is 3. The summed E-state index contributed by atoms with van der Waals surface area (Å²) in [6.45, 7) is 3.60. The summed E-state index contributed by atoms with van der Waals surface area (Å²) in [6, 6.07) is 23.6. The number of piperidine rings is 1. The Morgan fingerprint density at radius 3 is 2.18 bits per heavy atom. The quantitative estimate of drug-likeness (QED) is 0.212. The maximum atomic E-state index is 14.3. The Morgan fingerprint density at radius 2 is 1.60 bits per heavy atom. The van der Waals surface area contributed by atoms with Crippen LogP contribution >= 0.6 is 0 Å². The van der Waals surface area contributed by atoms with E-state index in [1.807, 2.05) is 55.4 Å². The van der Waals surface area contributed by atoms with Crippen molar-refractivity contribution in [2.24, 2.45) is 17.4 Å². The lowest BCUT2D eigenvalue weighted by Crippen LogP contribution is -2.52. The Bertz CT molecular complexity index is 1710. The van der Waals surface area contributed by atoms with Crippen LogP contribution in [0.5, 0.6) is 5.75 Å². The van der Waals surface area contributed by atoms with Crippen molar-refractivity contribution >= 4 is 23.5 Å². The zero-order valence-electron chi connectivity index (χ0n) is 28.2. The third-order valence-electron chi connectivity index (χ3n) is 8.97. The number of anilines is 1. The summed E-state index contributed by atoms with van der Waals surface area (Å²) in [5, 5.41) is 13.5. The van der Waals surface area contributed by atoms with Gasteiger partial charge in [-0.2, -0.15) is 13.2 Å². The van der Waals surface area contributed by atoms with E-state index in [4.69, 9.17) is 26.1 Å². The maximum Gasteiger partial charge on any atom is 0.490 e. The van der Waals surface area contributed by atoms with Gasteiger partial charge in [0.15, 0.2) is 0 Å². The number of fused-ring (bicyclic) bond motifs is 1. The van der Waals surface area contributed by atoms with E-state index in [0.717, 1.165) is 38.0 Å². The number of hydrogen-bond acceptors (Lipinski definition) is 8. The van der Waals surface area contributed by atoms with Gasteiger partial charge < -0.3 is 36.8 Å². The number of methoxy groups -OCH3 is 1. The van der Waals surface area contributed by atoms with E-state index in [1.165, 1.54) is 5.56 Å². The summed E-state index contributed by atoms with van der Waals surface area (Å²) in [7, 11) is 5.53. The molecule has 7 N–H and O–H groups in total. The molecule has 3 aromatic rings. The molecule has 1 atom stereocenters. The average Bonchev–Trinajstić information content (AvgIpc) is 3.08. The lowest BCUT2D eigenvalue weighted by molar-refractivity contribution is -0.192. The summed E-state index contributed by atoms with van der Waals surface area (Å²) in [5.41, 5.74) is 16.1. The van der Waals surface area contributed by atoms with Gasteiger partial charge in [0.1, 0.15) is 11.6 Å². The Morgan fingerprint density at radius 1 is 1.00 bits per heavy atom. The summed E-state index contributed by atoms with van der Waals surface area (Å²) in [6.07, 6.45) is -3.53. The van der Waals surface area contributed by atoms with E-state index in [1.54, 1.807) is 19.2 Å². The van der Waals surface area contributed by atoms with Crippen molar-refractivity contribution in [2.45, 2.75) is 31.0 Å². The number of carboxylic acids is 1. The molecule has 268 valence electrons. The molecule has 1 saturated heterocycles. The van der Waals surface area contributed by atoms with Crippen molar-refractivity contribution in [3.8, 4) is 5.75 Å². The molecule has 2 heterocycles. The minimum atomic E-state index is -5.08. The molecule has 0 bridgehead atoms. The van der Waals surface area contributed by atoms with Crippen molar-refractivity contribution in [2.75, 3.05) is 52.7 Å². The van der Waals surface area contributed by atoms with Crippen molar-refractivity contribution in [1.82, 2.24) is 15.1 Å². The number of nitrogens with one attached hydrogen (secondary N) is 2. The molecule has 0 radical (unpaired) electrons. The molecule has 0 saturated carbocycles. The topological polar surface area (TPSA) is 163 Å². The third-order valence-corrected chi connectivity index (χ3v) is 8.97. The number of alkyl halides is 3. The zero-order valence-corrected chi connectivity index (χ0v) is 28.2. The molecular weight excluding hydrogens is 653 g/mol. The normalized spacial score (nSPS) is 18.0. The van der Waals surface area contributed by atoms with Crippen LogP contribution in [0.1, 0.15) is 39.9 Å². The van der Waals surface area contributed by atoms with Gasteiger partial charge in [-0.05, 0) is 74.8 Å². The number of ether oxygens (including phenoxy) is 1. The van der Waals surface area contributed by atoms with Crippen molar-refractivity contribution < 1.29 is 37.4 Å². The number of rotatable bonds is 10.